The standard InChI is InChI=1S/C16H12F3N5O3/c17-16(18,19)13-12-11(9(5-20)14(22)27-15(12)24-23-13)7-1-3-8(4-2-7)26-6-10(21)25/h1-4,11H,6,22H2,(H2,21,25)(H,23,24). The van der Waals surface area contributed by atoms with Crippen LogP contribution in [0.5, 0.6) is 11.6 Å². The average Bonchev–Trinajstić information content (AvgIpc) is 3.02. The number of H-pyrrole nitrogens is 1. The smallest absolute Gasteiger partial charge is 0.433 e. The van der Waals surface area contributed by atoms with Crippen molar-refractivity contribution in [2.45, 2.75) is 12.1 Å². The van der Waals surface area contributed by atoms with Crippen molar-refractivity contribution in [1.29, 1.82) is 5.26 Å². The van der Waals surface area contributed by atoms with Crippen molar-refractivity contribution in [3.63, 3.8) is 0 Å². The zero-order chi connectivity index (χ0) is 19.8. The van der Waals surface area contributed by atoms with E-state index in [0.29, 0.717) is 5.56 Å². The number of carbonyl (C=O) groups is 1. The number of hydrogen-bond acceptors (Lipinski definition) is 6. The number of amides is 1. The van der Waals surface area contributed by atoms with Gasteiger partial charge in [0.25, 0.3) is 5.91 Å². The minimum Gasteiger partial charge on any atom is -0.484 e. The summed E-state index contributed by atoms with van der Waals surface area (Å²) in [5, 5.41) is 14.8. The monoisotopic (exact) mass is 379 g/mol. The van der Waals surface area contributed by atoms with Gasteiger partial charge in [-0.25, -0.2) is 0 Å². The van der Waals surface area contributed by atoms with Crippen LogP contribution in [-0.2, 0) is 11.0 Å². The van der Waals surface area contributed by atoms with Crippen molar-refractivity contribution in [2.75, 3.05) is 6.61 Å². The molecule has 1 aromatic heterocycles. The molecule has 1 aromatic carbocycles. The second-order valence-electron chi connectivity index (χ2n) is 5.56. The van der Waals surface area contributed by atoms with Gasteiger partial charge in [0.05, 0.1) is 11.5 Å². The van der Waals surface area contributed by atoms with E-state index < -0.39 is 23.7 Å². The molecule has 0 saturated heterocycles. The molecular weight excluding hydrogens is 367 g/mol. The fraction of sp³-hybridized carbons (Fsp3) is 0.188. The van der Waals surface area contributed by atoms with Crippen LogP contribution in [0.1, 0.15) is 22.7 Å². The number of aromatic amines is 1. The highest BCUT2D eigenvalue weighted by Crippen LogP contribution is 2.46. The van der Waals surface area contributed by atoms with Gasteiger partial charge >= 0.3 is 6.18 Å². The van der Waals surface area contributed by atoms with E-state index in [4.69, 9.17) is 20.9 Å². The molecule has 0 bridgehead atoms. The number of nitriles is 1. The summed E-state index contributed by atoms with van der Waals surface area (Å²) >= 11 is 0. The number of nitrogens with two attached hydrogens (primary N) is 2. The third-order valence-electron chi connectivity index (χ3n) is 3.82. The molecule has 11 heteroatoms. The van der Waals surface area contributed by atoms with Crippen LogP contribution in [-0.4, -0.2) is 22.7 Å². The number of primary amides is 1. The molecule has 1 aliphatic rings. The third-order valence-corrected chi connectivity index (χ3v) is 3.82. The number of alkyl halides is 3. The summed E-state index contributed by atoms with van der Waals surface area (Å²) in [7, 11) is 0. The maximum atomic E-state index is 13.3. The maximum Gasteiger partial charge on any atom is 0.433 e. The Morgan fingerprint density at radius 1 is 1.37 bits per heavy atom. The van der Waals surface area contributed by atoms with Crippen LogP contribution in [0.25, 0.3) is 0 Å². The van der Waals surface area contributed by atoms with Crippen molar-refractivity contribution >= 4 is 5.91 Å². The predicted molar refractivity (Wildman–Crippen MR) is 84.0 cm³/mol. The minimum absolute atomic E-state index is 0.180. The number of carbonyl (C=O) groups excluding carboxylic acids is 1. The summed E-state index contributed by atoms with van der Waals surface area (Å²) in [5.74, 6) is -2.21. The first-order valence-corrected chi connectivity index (χ1v) is 7.46. The summed E-state index contributed by atoms with van der Waals surface area (Å²) in [5.41, 5.74) is 9.36. The van der Waals surface area contributed by atoms with Crippen molar-refractivity contribution in [2.24, 2.45) is 11.5 Å². The van der Waals surface area contributed by atoms with Gasteiger partial charge in [0, 0.05) is 0 Å². The fourth-order valence-electron chi connectivity index (χ4n) is 2.71. The van der Waals surface area contributed by atoms with Gasteiger partial charge in [-0.3, -0.25) is 9.89 Å². The number of allylic oxidation sites excluding steroid dienone is 1. The first kappa shape index (κ1) is 18.1. The Morgan fingerprint density at radius 2 is 2.04 bits per heavy atom. The Kier molecular flexibility index (Phi) is 4.40. The normalized spacial score (nSPS) is 16.3. The molecule has 1 amide bonds. The van der Waals surface area contributed by atoms with Gasteiger partial charge in [0.2, 0.25) is 11.8 Å². The zero-order valence-corrected chi connectivity index (χ0v) is 13.5. The summed E-state index contributed by atoms with van der Waals surface area (Å²) < 4.78 is 50.2. The molecule has 0 aliphatic carbocycles. The van der Waals surface area contributed by atoms with Crippen molar-refractivity contribution in [1.82, 2.24) is 10.2 Å². The Balaban J connectivity index is 2.07. The number of benzene rings is 1. The lowest BCUT2D eigenvalue weighted by atomic mass is 9.84. The molecule has 1 aliphatic heterocycles. The molecule has 5 N–H and O–H groups in total. The number of rotatable bonds is 4. The SMILES string of the molecule is N#CC1=C(N)Oc2n[nH]c(C(F)(F)F)c2C1c1ccc(OCC(N)=O)cc1. The van der Waals surface area contributed by atoms with Crippen LogP contribution in [0.2, 0.25) is 0 Å². The summed E-state index contributed by atoms with van der Waals surface area (Å²) in [6, 6.07) is 7.57. The molecule has 8 nitrogen and oxygen atoms in total. The highest BCUT2D eigenvalue weighted by Gasteiger charge is 2.44. The summed E-state index contributed by atoms with van der Waals surface area (Å²) in [6.07, 6.45) is -4.74. The van der Waals surface area contributed by atoms with Crippen LogP contribution < -0.4 is 20.9 Å². The van der Waals surface area contributed by atoms with E-state index in [1.165, 1.54) is 24.3 Å². The molecule has 1 unspecified atom stereocenters. The molecule has 3 rings (SSSR count). The van der Waals surface area contributed by atoms with Gasteiger partial charge in [-0.1, -0.05) is 12.1 Å². The molecular formula is C16H12F3N5O3. The third kappa shape index (κ3) is 3.37. The number of nitrogens with one attached hydrogen (secondary N) is 1. The fourth-order valence-corrected chi connectivity index (χ4v) is 2.71. The van der Waals surface area contributed by atoms with E-state index in [1.54, 1.807) is 6.07 Å². The zero-order valence-electron chi connectivity index (χ0n) is 13.5. The van der Waals surface area contributed by atoms with Crippen LogP contribution >= 0.6 is 0 Å². The number of aromatic nitrogens is 2. The molecule has 0 fully saturated rings. The van der Waals surface area contributed by atoms with Gasteiger partial charge in [-0.15, -0.1) is 5.10 Å². The summed E-state index contributed by atoms with van der Waals surface area (Å²) in [4.78, 5) is 10.8. The number of nitrogens with zero attached hydrogens (tertiary/aromatic N) is 2. The average molecular weight is 379 g/mol. The van der Waals surface area contributed by atoms with Gasteiger partial charge in [0.15, 0.2) is 6.61 Å². The molecule has 140 valence electrons. The van der Waals surface area contributed by atoms with Crippen LogP contribution in [0, 0.1) is 11.3 Å². The second kappa shape index (κ2) is 6.56. The highest BCUT2D eigenvalue weighted by atomic mass is 19.4. The van der Waals surface area contributed by atoms with Crippen molar-refractivity contribution in [3.8, 4) is 17.7 Å². The number of halogens is 3. The first-order valence-electron chi connectivity index (χ1n) is 7.46. The Bertz CT molecular complexity index is 957. The lowest BCUT2D eigenvalue weighted by Crippen LogP contribution is -2.23. The van der Waals surface area contributed by atoms with Crippen molar-refractivity contribution < 1.29 is 27.4 Å². The van der Waals surface area contributed by atoms with Gasteiger partial charge < -0.3 is 20.9 Å². The molecule has 27 heavy (non-hydrogen) atoms. The van der Waals surface area contributed by atoms with Gasteiger partial charge in [-0.05, 0) is 17.7 Å². The van der Waals surface area contributed by atoms with E-state index in [2.05, 4.69) is 5.10 Å². The Morgan fingerprint density at radius 3 is 2.59 bits per heavy atom. The van der Waals surface area contributed by atoms with Gasteiger partial charge in [-0.2, -0.15) is 18.4 Å². The largest absolute Gasteiger partial charge is 0.484 e. The Labute approximate surface area is 150 Å². The van der Waals surface area contributed by atoms with E-state index in [1.807, 2.05) is 5.10 Å². The van der Waals surface area contributed by atoms with E-state index in [9.17, 15) is 23.2 Å². The van der Waals surface area contributed by atoms with Crippen LogP contribution in [0.3, 0.4) is 0 Å². The summed E-state index contributed by atoms with van der Waals surface area (Å²) in [6.45, 7) is -0.350. The lowest BCUT2D eigenvalue weighted by molar-refractivity contribution is -0.141. The quantitative estimate of drug-likeness (QED) is 0.736. The second-order valence-corrected chi connectivity index (χ2v) is 5.56. The number of fused-ring (bicyclic) bond motifs is 1. The Hall–Kier alpha value is -3.68. The highest BCUT2D eigenvalue weighted by molar-refractivity contribution is 5.75. The molecule has 2 aromatic rings. The van der Waals surface area contributed by atoms with E-state index in [-0.39, 0.29) is 35.3 Å². The van der Waals surface area contributed by atoms with Crippen LogP contribution in [0.4, 0.5) is 13.2 Å². The minimum atomic E-state index is -4.74. The first-order chi connectivity index (χ1) is 12.7. The predicted octanol–water partition coefficient (Wildman–Crippen LogP) is 1.51. The van der Waals surface area contributed by atoms with Crippen molar-refractivity contribution in [3.05, 3.63) is 52.5 Å². The van der Waals surface area contributed by atoms with Crippen LogP contribution in [0.15, 0.2) is 35.7 Å². The molecule has 2 heterocycles. The van der Waals surface area contributed by atoms with E-state index >= 15 is 0 Å². The molecule has 0 saturated carbocycles. The molecule has 0 radical (unpaired) electrons. The topological polar surface area (TPSA) is 140 Å². The molecule has 1 atom stereocenters. The van der Waals surface area contributed by atoms with Gasteiger partial charge in [0.1, 0.15) is 23.1 Å². The molecule has 0 spiro atoms. The number of ether oxygens (including phenoxy) is 2. The number of hydrogen-bond donors (Lipinski definition) is 3. The lowest BCUT2D eigenvalue weighted by Gasteiger charge is -2.24. The van der Waals surface area contributed by atoms with E-state index in [0.717, 1.165) is 0 Å². The maximum absolute atomic E-state index is 13.3.